The first-order valence-electron chi connectivity index (χ1n) is 8.89. The van der Waals surface area contributed by atoms with Crippen molar-refractivity contribution >= 4 is 23.5 Å². The number of methoxy groups -OCH3 is 2. The normalized spacial score (nSPS) is 27.8. The SMILES string of the molecule is COC(=O)C1=C(C)N2CCCO[C@]2(C)[C@H](C(=O)OC)[C@H]1c1cccc(Cl)c1. The van der Waals surface area contributed by atoms with Crippen LogP contribution in [0.2, 0.25) is 5.02 Å². The minimum atomic E-state index is -0.931. The lowest BCUT2D eigenvalue weighted by Crippen LogP contribution is -2.63. The lowest BCUT2D eigenvalue weighted by molar-refractivity contribution is -0.213. The van der Waals surface area contributed by atoms with E-state index >= 15 is 0 Å². The zero-order chi connectivity index (χ0) is 19.8. The third-order valence-corrected chi connectivity index (χ3v) is 5.78. The van der Waals surface area contributed by atoms with Gasteiger partial charge in [0.25, 0.3) is 0 Å². The second-order valence-electron chi connectivity index (χ2n) is 6.93. The van der Waals surface area contributed by atoms with Crippen LogP contribution in [0.4, 0.5) is 0 Å². The number of hydrogen-bond donors (Lipinski definition) is 0. The van der Waals surface area contributed by atoms with Crippen LogP contribution in [0, 0.1) is 5.92 Å². The third kappa shape index (κ3) is 3.21. The van der Waals surface area contributed by atoms with E-state index in [1.165, 1.54) is 14.2 Å². The molecular formula is C20H24ClNO5. The molecule has 0 amide bonds. The Hall–Kier alpha value is -2.05. The number of benzene rings is 1. The summed E-state index contributed by atoms with van der Waals surface area (Å²) in [6.45, 7) is 4.95. The first-order chi connectivity index (χ1) is 12.8. The number of ether oxygens (including phenoxy) is 3. The molecule has 2 aliphatic rings. The number of halogens is 1. The van der Waals surface area contributed by atoms with E-state index < -0.39 is 29.5 Å². The van der Waals surface area contributed by atoms with Crippen molar-refractivity contribution < 1.29 is 23.8 Å². The first-order valence-corrected chi connectivity index (χ1v) is 9.27. The molecule has 0 radical (unpaired) electrons. The average molecular weight is 394 g/mol. The van der Waals surface area contributed by atoms with Gasteiger partial charge in [-0.2, -0.15) is 0 Å². The van der Waals surface area contributed by atoms with Crippen molar-refractivity contribution in [2.45, 2.75) is 31.9 Å². The monoisotopic (exact) mass is 393 g/mol. The van der Waals surface area contributed by atoms with Crippen molar-refractivity contribution in [3.05, 3.63) is 46.1 Å². The highest BCUT2D eigenvalue weighted by atomic mass is 35.5. The van der Waals surface area contributed by atoms with Crippen molar-refractivity contribution in [3.63, 3.8) is 0 Å². The summed E-state index contributed by atoms with van der Waals surface area (Å²) in [6.07, 6.45) is 0.803. The fraction of sp³-hybridized carbons (Fsp3) is 0.500. The zero-order valence-corrected chi connectivity index (χ0v) is 16.7. The molecule has 1 saturated heterocycles. The number of fused-ring (bicyclic) bond motifs is 1. The molecule has 0 bridgehead atoms. The summed E-state index contributed by atoms with van der Waals surface area (Å²) in [7, 11) is 2.68. The molecule has 146 valence electrons. The van der Waals surface area contributed by atoms with Gasteiger partial charge in [0.1, 0.15) is 5.92 Å². The number of hydrogen-bond acceptors (Lipinski definition) is 6. The molecule has 3 rings (SSSR count). The second kappa shape index (κ2) is 7.52. The van der Waals surface area contributed by atoms with Crippen LogP contribution >= 0.6 is 11.6 Å². The van der Waals surface area contributed by atoms with E-state index in [9.17, 15) is 9.59 Å². The van der Waals surface area contributed by atoms with Crippen molar-refractivity contribution in [3.8, 4) is 0 Å². The van der Waals surface area contributed by atoms with E-state index in [1.54, 1.807) is 18.2 Å². The van der Waals surface area contributed by atoms with Crippen molar-refractivity contribution in [1.29, 1.82) is 0 Å². The van der Waals surface area contributed by atoms with Crippen LogP contribution in [0.1, 0.15) is 31.7 Å². The van der Waals surface area contributed by atoms with Crippen molar-refractivity contribution in [2.24, 2.45) is 5.92 Å². The summed E-state index contributed by atoms with van der Waals surface area (Å²) >= 11 is 6.20. The van der Waals surface area contributed by atoms with Gasteiger partial charge < -0.3 is 19.1 Å². The van der Waals surface area contributed by atoms with Crippen LogP contribution in [0.25, 0.3) is 0 Å². The molecule has 1 fully saturated rings. The number of rotatable bonds is 3. The molecule has 2 heterocycles. The van der Waals surface area contributed by atoms with Crippen LogP contribution in [-0.2, 0) is 23.8 Å². The van der Waals surface area contributed by atoms with Gasteiger partial charge in [-0.25, -0.2) is 4.79 Å². The molecule has 1 aromatic rings. The zero-order valence-electron chi connectivity index (χ0n) is 16.0. The van der Waals surface area contributed by atoms with E-state index in [0.29, 0.717) is 23.7 Å². The standard InChI is InChI=1S/C20H24ClNO5/c1-12-15(18(23)25-3)16(13-7-5-8-14(21)11-13)17(19(24)26-4)20(2)22(12)9-6-10-27-20/h5,7-8,11,16-17H,6,9-10H2,1-4H3/t16-,17-,20+/m0/s1. The Kier molecular flexibility index (Phi) is 5.49. The van der Waals surface area contributed by atoms with E-state index in [1.807, 2.05) is 24.8 Å². The quantitative estimate of drug-likeness (QED) is 0.735. The largest absolute Gasteiger partial charge is 0.469 e. The van der Waals surface area contributed by atoms with Gasteiger partial charge in [0.2, 0.25) is 0 Å². The molecule has 0 unspecified atom stereocenters. The Balaban J connectivity index is 2.29. The summed E-state index contributed by atoms with van der Waals surface area (Å²) in [4.78, 5) is 27.6. The Morgan fingerprint density at radius 3 is 2.67 bits per heavy atom. The van der Waals surface area contributed by atoms with Crippen molar-refractivity contribution in [2.75, 3.05) is 27.4 Å². The first kappa shape index (κ1) is 19.7. The number of esters is 2. The van der Waals surface area contributed by atoms with Gasteiger partial charge in [-0.1, -0.05) is 23.7 Å². The molecule has 0 aliphatic carbocycles. The van der Waals surface area contributed by atoms with Gasteiger partial charge in [-0.15, -0.1) is 0 Å². The third-order valence-electron chi connectivity index (χ3n) is 5.54. The Bertz CT molecular complexity index is 792. The lowest BCUT2D eigenvalue weighted by Gasteiger charge is -2.55. The molecule has 2 aliphatic heterocycles. The van der Waals surface area contributed by atoms with Gasteiger partial charge in [-0.05, 0) is 38.0 Å². The molecular weight excluding hydrogens is 370 g/mol. The van der Waals surface area contributed by atoms with E-state index in [4.69, 9.17) is 25.8 Å². The van der Waals surface area contributed by atoms with Crippen LogP contribution in [0.15, 0.2) is 35.5 Å². The summed E-state index contributed by atoms with van der Waals surface area (Å²) < 4.78 is 16.3. The molecule has 0 aromatic heterocycles. The maximum absolute atomic E-state index is 12.9. The molecule has 1 aromatic carbocycles. The molecule has 0 N–H and O–H groups in total. The van der Waals surface area contributed by atoms with Gasteiger partial charge in [-0.3, -0.25) is 4.79 Å². The number of carbonyl (C=O) groups excluding carboxylic acids is 2. The topological polar surface area (TPSA) is 65.1 Å². The predicted molar refractivity (Wildman–Crippen MR) is 100 cm³/mol. The second-order valence-corrected chi connectivity index (χ2v) is 7.37. The fourth-order valence-corrected chi connectivity index (χ4v) is 4.53. The molecule has 27 heavy (non-hydrogen) atoms. The fourth-order valence-electron chi connectivity index (χ4n) is 4.33. The minimum Gasteiger partial charge on any atom is -0.469 e. The van der Waals surface area contributed by atoms with Crippen LogP contribution in [0.5, 0.6) is 0 Å². The molecule has 6 nitrogen and oxygen atoms in total. The highest BCUT2D eigenvalue weighted by Crippen LogP contribution is 2.50. The summed E-state index contributed by atoms with van der Waals surface area (Å²) in [5.74, 6) is -2.26. The summed E-state index contributed by atoms with van der Waals surface area (Å²) in [6, 6.07) is 7.16. The lowest BCUT2D eigenvalue weighted by atomic mass is 9.70. The summed E-state index contributed by atoms with van der Waals surface area (Å²) in [5.41, 5.74) is 0.986. The van der Waals surface area contributed by atoms with Crippen LogP contribution < -0.4 is 0 Å². The highest BCUT2D eigenvalue weighted by molar-refractivity contribution is 6.30. The van der Waals surface area contributed by atoms with Gasteiger partial charge in [0, 0.05) is 23.2 Å². The van der Waals surface area contributed by atoms with E-state index in [2.05, 4.69) is 0 Å². The van der Waals surface area contributed by atoms with Crippen LogP contribution in [-0.4, -0.2) is 49.9 Å². The molecule has 7 heteroatoms. The Labute approximate surface area is 164 Å². The van der Waals surface area contributed by atoms with Gasteiger partial charge in [0.15, 0.2) is 5.72 Å². The Morgan fingerprint density at radius 2 is 2.04 bits per heavy atom. The maximum Gasteiger partial charge on any atom is 0.336 e. The molecule has 0 spiro atoms. The summed E-state index contributed by atoms with van der Waals surface area (Å²) in [5, 5.41) is 0.523. The van der Waals surface area contributed by atoms with Gasteiger partial charge in [0.05, 0.1) is 26.4 Å². The molecule has 0 saturated carbocycles. The highest BCUT2D eigenvalue weighted by Gasteiger charge is 2.57. The number of allylic oxidation sites excluding steroid dienone is 1. The average Bonchev–Trinajstić information content (AvgIpc) is 2.66. The van der Waals surface area contributed by atoms with Gasteiger partial charge >= 0.3 is 11.9 Å². The molecule has 3 atom stereocenters. The Morgan fingerprint density at radius 1 is 1.30 bits per heavy atom. The van der Waals surface area contributed by atoms with Crippen LogP contribution in [0.3, 0.4) is 0 Å². The van der Waals surface area contributed by atoms with Crippen molar-refractivity contribution in [1.82, 2.24) is 4.90 Å². The maximum atomic E-state index is 12.9. The van der Waals surface area contributed by atoms with E-state index in [-0.39, 0.29) is 0 Å². The minimum absolute atomic E-state index is 0.429. The number of carbonyl (C=O) groups is 2. The predicted octanol–water partition coefficient (Wildman–Crippen LogP) is 3.11. The van der Waals surface area contributed by atoms with E-state index in [0.717, 1.165) is 17.7 Å². The number of nitrogens with zero attached hydrogens (tertiary/aromatic N) is 1. The smallest absolute Gasteiger partial charge is 0.336 e.